The van der Waals surface area contributed by atoms with Crippen molar-refractivity contribution in [1.82, 2.24) is 9.80 Å². The summed E-state index contributed by atoms with van der Waals surface area (Å²) in [5, 5.41) is 14.8. The third-order valence-electron chi connectivity index (χ3n) is 4.81. The highest BCUT2D eigenvalue weighted by Crippen LogP contribution is 2.24. The second kappa shape index (κ2) is 11.7. The fourth-order valence-corrected chi connectivity index (χ4v) is 3.58. The van der Waals surface area contributed by atoms with Crippen LogP contribution >= 0.6 is 15.9 Å². The summed E-state index contributed by atoms with van der Waals surface area (Å²) in [5.41, 5.74) is 3.98. The van der Waals surface area contributed by atoms with E-state index in [2.05, 4.69) is 63.0 Å². The Morgan fingerprint density at radius 2 is 1.47 bits per heavy atom. The molecule has 2 aromatic carbocycles. The quantitative estimate of drug-likeness (QED) is 0.637. The molecule has 1 heterocycles. The topological polar surface area (TPSA) is 90.3 Å². The highest BCUT2D eigenvalue weighted by Gasteiger charge is 2.18. The number of ether oxygens (including phenoxy) is 1. The average molecular weight is 479 g/mol. The van der Waals surface area contributed by atoms with Gasteiger partial charge in [0.1, 0.15) is 5.75 Å². The first-order valence-corrected chi connectivity index (χ1v) is 10.4. The Hall–Kier alpha value is -2.42. The molecular formula is C22H27BrN2O5. The summed E-state index contributed by atoms with van der Waals surface area (Å²) in [6.45, 7) is 8.56. The molecule has 1 aliphatic rings. The molecule has 0 radical (unpaired) electrons. The van der Waals surface area contributed by atoms with E-state index in [9.17, 15) is 0 Å². The van der Waals surface area contributed by atoms with Gasteiger partial charge in [0.2, 0.25) is 0 Å². The van der Waals surface area contributed by atoms with Gasteiger partial charge in [-0.25, -0.2) is 9.59 Å². The molecule has 1 aliphatic heterocycles. The number of hydrogen-bond donors (Lipinski definition) is 2. The Bertz CT molecular complexity index is 837. The third-order valence-corrected chi connectivity index (χ3v) is 5.30. The zero-order chi connectivity index (χ0) is 22.1. The van der Waals surface area contributed by atoms with E-state index >= 15 is 0 Å². The van der Waals surface area contributed by atoms with E-state index < -0.39 is 11.9 Å². The van der Waals surface area contributed by atoms with E-state index in [1.807, 2.05) is 12.1 Å². The van der Waals surface area contributed by atoms with Gasteiger partial charge in [0, 0.05) is 49.3 Å². The Kier molecular flexibility index (Phi) is 9.29. The summed E-state index contributed by atoms with van der Waals surface area (Å²) in [5.74, 6) is -2.68. The maximum atomic E-state index is 9.10. The summed E-state index contributed by atoms with van der Waals surface area (Å²) in [7, 11) is 1.74. The first-order valence-electron chi connectivity index (χ1n) is 9.57. The number of piperazine rings is 1. The monoisotopic (exact) mass is 478 g/mol. The third kappa shape index (κ3) is 7.78. The second-order valence-electron chi connectivity index (χ2n) is 7.10. The molecule has 7 nitrogen and oxygen atoms in total. The number of halogens is 1. The van der Waals surface area contributed by atoms with E-state index in [4.69, 9.17) is 24.5 Å². The average Bonchev–Trinajstić information content (AvgIpc) is 2.72. The maximum Gasteiger partial charge on any atom is 0.414 e. The minimum atomic E-state index is -1.82. The number of rotatable bonds is 5. The Balaban J connectivity index is 0.000000469. The molecule has 3 rings (SSSR count). The predicted molar refractivity (Wildman–Crippen MR) is 118 cm³/mol. The van der Waals surface area contributed by atoms with Crippen LogP contribution in [-0.2, 0) is 22.7 Å². The molecular weight excluding hydrogens is 452 g/mol. The van der Waals surface area contributed by atoms with Crippen LogP contribution in [0.1, 0.15) is 16.7 Å². The molecule has 0 amide bonds. The lowest BCUT2D eigenvalue weighted by Gasteiger charge is -2.35. The molecule has 1 saturated heterocycles. The molecule has 0 unspecified atom stereocenters. The number of nitrogens with zero attached hydrogens (tertiary/aromatic N) is 2. The molecule has 0 aliphatic carbocycles. The minimum absolute atomic E-state index is 0.945. The van der Waals surface area contributed by atoms with Crippen LogP contribution in [0.15, 0.2) is 46.9 Å². The molecule has 0 saturated carbocycles. The van der Waals surface area contributed by atoms with Crippen LogP contribution in [-0.4, -0.2) is 65.2 Å². The number of aryl methyl sites for hydroxylation is 1. The van der Waals surface area contributed by atoms with E-state index in [0.29, 0.717) is 0 Å². The van der Waals surface area contributed by atoms with E-state index in [1.165, 1.54) is 16.7 Å². The fraction of sp³-hybridized carbons (Fsp3) is 0.364. The van der Waals surface area contributed by atoms with Crippen LogP contribution in [0.2, 0.25) is 0 Å². The van der Waals surface area contributed by atoms with Crippen molar-refractivity contribution in [3.8, 4) is 5.75 Å². The summed E-state index contributed by atoms with van der Waals surface area (Å²) in [6.07, 6.45) is 0. The fourth-order valence-electron chi connectivity index (χ4n) is 3.17. The highest BCUT2D eigenvalue weighted by molar-refractivity contribution is 9.10. The van der Waals surface area contributed by atoms with Crippen LogP contribution in [0, 0.1) is 6.92 Å². The number of benzene rings is 2. The molecule has 162 valence electrons. The number of hydrogen-bond acceptors (Lipinski definition) is 5. The molecule has 2 aromatic rings. The lowest BCUT2D eigenvalue weighted by Crippen LogP contribution is -2.45. The number of carbonyl (C=O) groups is 2. The molecule has 0 aromatic heterocycles. The van der Waals surface area contributed by atoms with Crippen molar-refractivity contribution in [2.45, 2.75) is 20.0 Å². The van der Waals surface area contributed by atoms with Crippen molar-refractivity contribution in [2.75, 3.05) is 33.3 Å². The van der Waals surface area contributed by atoms with Crippen LogP contribution in [0.3, 0.4) is 0 Å². The number of methoxy groups -OCH3 is 1. The van der Waals surface area contributed by atoms with Crippen molar-refractivity contribution in [3.63, 3.8) is 0 Å². The SMILES string of the molecule is COc1ccc(Br)cc1CN1CCN(Cc2ccc(C)cc2)CC1.O=C(O)C(=O)O. The molecule has 0 atom stereocenters. The predicted octanol–water partition coefficient (Wildman–Crippen LogP) is 3.24. The molecule has 2 N–H and O–H groups in total. The Labute approximate surface area is 185 Å². The maximum absolute atomic E-state index is 9.10. The van der Waals surface area contributed by atoms with Crippen molar-refractivity contribution in [3.05, 3.63) is 63.6 Å². The summed E-state index contributed by atoms with van der Waals surface area (Å²) in [6, 6.07) is 15.1. The minimum Gasteiger partial charge on any atom is -0.496 e. The Morgan fingerprint density at radius 3 is 1.97 bits per heavy atom. The zero-order valence-corrected chi connectivity index (χ0v) is 18.8. The first-order chi connectivity index (χ1) is 14.3. The number of carboxylic acids is 2. The normalized spacial score (nSPS) is 14.5. The van der Waals surface area contributed by atoms with Crippen molar-refractivity contribution in [1.29, 1.82) is 0 Å². The molecule has 8 heteroatoms. The van der Waals surface area contributed by atoms with Gasteiger partial charge in [0.25, 0.3) is 0 Å². The zero-order valence-electron chi connectivity index (χ0n) is 17.2. The second-order valence-corrected chi connectivity index (χ2v) is 8.02. The summed E-state index contributed by atoms with van der Waals surface area (Å²) < 4.78 is 6.60. The van der Waals surface area contributed by atoms with Crippen LogP contribution in [0.5, 0.6) is 5.75 Å². The van der Waals surface area contributed by atoms with Gasteiger partial charge >= 0.3 is 11.9 Å². The smallest absolute Gasteiger partial charge is 0.414 e. The summed E-state index contributed by atoms with van der Waals surface area (Å²) >= 11 is 3.56. The number of aliphatic carboxylic acids is 2. The van der Waals surface area contributed by atoms with Crippen LogP contribution in [0.4, 0.5) is 0 Å². The van der Waals surface area contributed by atoms with Gasteiger partial charge in [-0.15, -0.1) is 0 Å². The first kappa shape index (κ1) is 23.9. The van der Waals surface area contributed by atoms with Crippen LogP contribution < -0.4 is 4.74 Å². The van der Waals surface area contributed by atoms with Gasteiger partial charge in [0.15, 0.2) is 0 Å². The largest absolute Gasteiger partial charge is 0.496 e. The van der Waals surface area contributed by atoms with Gasteiger partial charge in [0.05, 0.1) is 7.11 Å². The van der Waals surface area contributed by atoms with Gasteiger partial charge < -0.3 is 14.9 Å². The van der Waals surface area contributed by atoms with Crippen LogP contribution in [0.25, 0.3) is 0 Å². The molecule has 0 bridgehead atoms. The van der Waals surface area contributed by atoms with E-state index in [0.717, 1.165) is 49.5 Å². The van der Waals surface area contributed by atoms with E-state index in [-0.39, 0.29) is 0 Å². The van der Waals surface area contributed by atoms with Crippen molar-refractivity contribution < 1.29 is 24.5 Å². The Morgan fingerprint density at radius 1 is 0.933 bits per heavy atom. The van der Waals surface area contributed by atoms with Crippen molar-refractivity contribution in [2.24, 2.45) is 0 Å². The molecule has 30 heavy (non-hydrogen) atoms. The van der Waals surface area contributed by atoms with Gasteiger partial charge in [-0.2, -0.15) is 0 Å². The lowest BCUT2D eigenvalue weighted by molar-refractivity contribution is -0.159. The molecule has 0 spiro atoms. The molecule has 1 fully saturated rings. The van der Waals surface area contributed by atoms with Gasteiger partial charge in [-0.05, 0) is 30.7 Å². The van der Waals surface area contributed by atoms with E-state index in [1.54, 1.807) is 7.11 Å². The van der Waals surface area contributed by atoms with Gasteiger partial charge in [-0.1, -0.05) is 45.8 Å². The van der Waals surface area contributed by atoms with Gasteiger partial charge in [-0.3, -0.25) is 9.80 Å². The number of carboxylic acid groups (broad SMARTS) is 2. The highest BCUT2D eigenvalue weighted by atomic mass is 79.9. The standard InChI is InChI=1S/C20H25BrN2O.C2H2O4/c1-16-3-5-17(6-4-16)14-22-9-11-23(12-10-22)15-18-13-19(21)7-8-20(18)24-2;3-1(4)2(5)6/h3-8,13H,9-12,14-15H2,1-2H3;(H,3,4)(H,5,6). The van der Waals surface area contributed by atoms with Crippen molar-refractivity contribution >= 4 is 27.9 Å². The lowest BCUT2D eigenvalue weighted by atomic mass is 10.1. The summed E-state index contributed by atoms with van der Waals surface area (Å²) in [4.78, 5) is 23.2.